The number of methoxy groups -OCH3 is 2. The van der Waals surface area contributed by atoms with Crippen molar-refractivity contribution < 1.29 is 32.2 Å². The Labute approximate surface area is 181 Å². The van der Waals surface area contributed by atoms with Crippen LogP contribution < -0.4 is 10.1 Å². The van der Waals surface area contributed by atoms with E-state index in [2.05, 4.69) is 15.4 Å². The maximum Gasteiger partial charge on any atom is 0.416 e. The number of carbonyl (C=O) groups excluding carboxylic acids is 1. The predicted molar refractivity (Wildman–Crippen MR) is 110 cm³/mol. The van der Waals surface area contributed by atoms with Crippen LogP contribution in [0.25, 0.3) is 17.1 Å². The van der Waals surface area contributed by atoms with E-state index in [1.54, 1.807) is 24.3 Å². The molecule has 1 aromatic heterocycles. The summed E-state index contributed by atoms with van der Waals surface area (Å²) in [5, 5.41) is 6.99. The molecule has 3 aromatic rings. The van der Waals surface area contributed by atoms with Gasteiger partial charge in [-0.25, -0.2) is 4.68 Å². The van der Waals surface area contributed by atoms with Gasteiger partial charge >= 0.3 is 12.2 Å². The summed E-state index contributed by atoms with van der Waals surface area (Å²) in [7, 11) is 2.94. The van der Waals surface area contributed by atoms with Crippen LogP contribution >= 0.6 is 0 Å². The number of hydrogen-bond donors (Lipinski definition) is 1. The zero-order valence-corrected chi connectivity index (χ0v) is 17.3. The second kappa shape index (κ2) is 10.2. The molecule has 0 saturated heterocycles. The quantitative estimate of drug-likeness (QED) is 0.502. The minimum atomic E-state index is -4.44. The second-order valence-corrected chi connectivity index (χ2v) is 6.57. The van der Waals surface area contributed by atoms with Crippen molar-refractivity contribution in [2.24, 2.45) is 0 Å². The van der Waals surface area contributed by atoms with Gasteiger partial charge in [-0.3, -0.25) is 4.79 Å². The van der Waals surface area contributed by atoms with Gasteiger partial charge in [0.1, 0.15) is 13.2 Å². The average molecular weight is 450 g/mol. The van der Waals surface area contributed by atoms with Crippen LogP contribution in [0.15, 0.2) is 48.5 Å². The molecule has 1 N–H and O–H groups in total. The number of nitrogens with one attached hydrogen (secondary N) is 1. The number of halogens is 3. The van der Waals surface area contributed by atoms with Crippen molar-refractivity contribution in [3.05, 3.63) is 54.1 Å². The highest BCUT2D eigenvalue weighted by Gasteiger charge is 2.30. The molecule has 0 spiro atoms. The third-order valence-corrected chi connectivity index (χ3v) is 4.25. The predicted octanol–water partition coefficient (Wildman–Crippen LogP) is 3.56. The topological polar surface area (TPSA) is 87.5 Å². The molecule has 32 heavy (non-hydrogen) atoms. The third-order valence-electron chi connectivity index (χ3n) is 4.25. The van der Waals surface area contributed by atoms with Gasteiger partial charge in [-0.15, -0.1) is 5.10 Å². The molecule has 1 heterocycles. The number of alkyl halides is 3. The van der Waals surface area contributed by atoms with Gasteiger partial charge in [-0.1, -0.05) is 12.1 Å². The first-order chi connectivity index (χ1) is 15.3. The zero-order valence-electron chi connectivity index (χ0n) is 17.3. The fourth-order valence-electron chi connectivity index (χ4n) is 2.76. The summed E-state index contributed by atoms with van der Waals surface area (Å²) in [4.78, 5) is 16.0. The van der Waals surface area contributed by atoms with Gasteiger partial charge < -0.3 is 19.5 Å². The standard InChI is InChI=1S/C21H21F3N4O4/c1-30-11-12-32-20-26-19(14-3-5-15(6-4-14)21(22,23)24)28(27-20)17-9-7-16(8-10-17)25-18(29)13-31-2/h3-10H,11-13H2,1-2H3,(H,25,29). The van der Waals surface area contributed by atoms with Gasteiger partial charge in [0.2, 0.25) is 5.91 Å². The lowest BCUT2D eigenvalue weighted by Gasteiger charge is -2.09. The van der Waals surface area contributed by atoms with E-state index < -0.39 is 11.7 Å². The fraction of sp³-hybridized carbons (Fsp3) is 0.286. The number of amides is 1. The maximum absolute atomic E-state index is 12.9. The second-order valence-electron chi connectivity index (χ2n) is 6.57. The Kier molecular flexibility index (Phi) is 7.44. The summed E-state index contributed by atoms with van der Waals surface area (Å²) >= 11 is 0. The minimum Gasteiger partial charge on any atom is -0.460 e. The molecule has 0 fully saturated rings. The Morgan fingerprint density at radius 1 is 1.00 bits per heavy atom. The van der Waals surface area contributed by atoms with Crippen LogP contribution in [0.4, 0.5) is 18.9 Å². The van der Waals surface area contributed by atoms with Crippen molar-refractivity contribution in [3.8, 4) is 23.1 Å². The lowest BCUT2D eigenvalue weighted by atomic mass is 10.1. The Morgan fingerprint density at radius 3 is 2.28 bits per heavy atom. The highest BCUT2D eigenvalue weighted by Crippen LogP contribution is 2.31. The summed E-state index contributed by atoms with van der Waals surface area (Å²) in [5.74, 6) is -0.0115. The van der Waals surface area contributed by atoms with E-state index in [0.717, 1.165) is 12.1 Å². The summed E-state index contributed by atoms with van der Waals surface area (Å²) in [6.07, 6.45) is -4.44. The van der Waals surface area contributed by atoms with Gasteiger partial charge in [0, 0.05) is 25.5 Å². The van der Waals surface area contributed by atoms with E-state index in [9.17, 15) is 18.0 Å². The van der Waals surface area contributed by atoms with Gasteiger partial charge in [0.15, 0.2) is 5.82 Å². The molecule has 0 bridgehead atoms. The monoisotopic (exact) mass is 450 g/mol. The van der Waals surface area contributed by atoms with Crippen LogP contribution in [0.1, 0.15) is 5.56 Å². The molecule has 170 valence electrons. The molecule has 8 nitrogen and oxygen atoms in total. The lowest BCUT2D eigenvalue weighted by Crippen LogP contribution is -2.17. The van der Waals surface area contributed by atoms with Crippen LogP contribution in [-0.2, 0) is 20.4 Å². The Morgan fingerprint density at radius 2 is 1.69 bits per heavy atom. The molecule has 0 saturated carbocycles. The van der Waals surface area contributed by atoms with Crippen molar-refractivity contribution in [2.45, 2.75) is 6.18 Å². The Balaban J connectivity index is 1.92. The van der Waals surface area contributed by atoms with E-state index in [1.807, 2.05) is 0 Å². The fourth-order valence-corrected chi connectivity index (χ4v) is 2.76. The number of rotatable bonds is 9. The zero-order chi connectivity index (χ0) is 23.1. The van der Waals surface area contributed by atoms with Gasteiger partial charge in [-0.05, 0) is 36.4 Å². The summed E-state index contributed by atoms with van der Waals surface area (Å²) < 4.78 is 55.4. The molecule has 0 radical (unpaired) electrons. The minimum absolute atomic E-state index is 0.0504. The molecule has 0 unspecified atom stereocenters. The highest BCUT2D eigenvalue weighted by molar-refractivity contribution is 5.91. The first-order valence-corrected chi connectivity index (χ1v) is 9.47. The summed E-state index contributed by atoms with van der Waals surface area (Å²) in [5.41, 5.74) is 0.770. The van der Waals surface area contributed by atoms with E-state index in [1.165, 1.54) is 31.0 Å². The van der Waals surface area contributed by atoms with Gasteiger partial charge in [0.05, 0.1) is 17.9 Å². The van der Waals surface area contributed by atoms with Crippen LogP contribution in [0, 0.1) is 0 Å². The van der Waals surface area contributed by atoms with Gasteiger partial charge in [0.25, 0.3) is 0 Å². The summed E-state index contributed by atoms with van der Waals surface area (Å²) in [6, 6.07) is 11.3. The number of nitrogens with zero attached hydrogens (tertiary/aromatic N) is 3. The van der Waals surface area contributed by atoms with Crippen molar-refractivity contribution in [1.29, 1.82) is 0 Å². The Bertz CT molecular complexity index is 1030. The van der Waals surface area contributed by atoms with E-state index in [4.69, 9.17) is 14.2 Å². The summed E-state index contributed by atoms with van der Waals surface area (Å²) in [6.45, 7) is 0.447. The first-order valence-electron chi connectivity index (χ1n) is 9.47. The van der Waals surface area contributed by atoms with Crippen molar-refractivity contribution in [2.75, 3.05) is 39.4 Å². The van der Waals surface area contributed by atoms with Crippen molar-refractivity contribution in [3.63, 3.8) is 0 Å². The molecule has 11 heteroatoms. The molecule has 2 aromatic carbocycles. The molecule has 1 amide bonds. The molecular weight excluding hydrogens is 429 g/mol. The SMILES string of the molecule is COCCOc1nc(-c2ccc(C(F)(F)F)cc2)n(-c2ccc(NC(=O)COC)cc2)n1. The van der Waals surface area contributed by atoms with E-state index >= 15 is 0 Å². The molecule has 3 rings (SSSR count). The normalized spacial score (nSPS) is 11.4. The lowest BCUT2D eigenvalue weighted by molar-refractivity contribution is -0.137. The molecule has 0 aliphatic heterocycles. The maximum atomic E-state index is 12.9. The molecular formula is C21H21F3N4O4. The van der Waals surface area contributed by atoms with E-state index in [-0.39, 0.29) is 25.1 Å². The number of hydrogen-bond acceptors (Lipinski definition) is 6. The molecule has 0 aliphatic carbocycles. The van der Waals surface area contributed by atoms with Crippen molar-refractivity contribution >= 4 is 11.6 Å². The van der Waals surface area contributed by atoms with Crippen LogP contribution in [0.3, 0.4) is 0 Å². The van der Waals surface area contributed by atoms with Crippen molar-refractivity contribution in [1.82, 2.24) is 14.8 Å². The number of aromatic nitrogens is 3. The van der Waals surface area contributed by atoms with Gasteiger partial charge in [-0.2, -0.15) is 18.2 Å². The number of anilines is 1. The highest BCUT2D eigenvalue weighted by atomic mass is 19.4. The Hall–Kier alpha value is -3.44. The number of carbonyl (C=O) groups is 1. The van der Waals surface area contributed by atoms with Crippen LogP contribution in [0.5, 0.6) is 6.01 Å². The van der Waals surface area contributed by atoms with Crippen LogP contribution in [0.2, 0.25) is 0 Å². The third kappa shape index (κ3) is 5.83. The average Bonchev–Trinajstić information content (AvgIpc) is 3.18. The number of ether oxygens (including phenoxy) is 3. The molecule has 0 atom stereocenters. The number of benzene rings is 2. The molecule has 0 aliphatic rings. The first kappa shape index (κ1) is 23.2. The van der Waals surface area contributed by atoms with Crippen LogP contribution in [-0.4, -0.2) is 54.7 Å². The smallest absolute Gasteiger partial charge is 0.416 e. The largest absolute Gasteiger partial charge is 0.460 e. The van der Waals surface area contributed by atoms with E-state index in [0.29, 0.717) is 29.4 Å².